The van der Waals surface area contributed by atoms with Crippen LogP contribution < -0.4 is 0 Å². The van der Waals surface area contributed by atoms with Gasteiger partial charge in [0.25, 0.3) is 0 Å². The van der Waals surface area contributed by atoms with Crippen LogP contribution in [0.1, 0.15) is 22.8 Å². The molecule has 0 saturated carbocycles. The number of aromatic amines is 1. The Morgan fingerprint density at radius 1 is 1.47 bits per heavy atom. The van der Waals surface area contributed by atoms with Gasteiger partial charge in [0, 0.05) is 17.1 Å². The summed E-state index contributed by atoms with van der Waals surface area (Å²) in [6.07, 6.45) is 2.84. The number of carbonyl (C=O) groups is 1. The van der Waals surface area contributed by atoms with Crippen molar-refractivity contribution in [1.82, 2.24) is 4.98 Å². The molecule has 1 N–H and O–H groups in total. The third kappa shape index (κ3) is 1.50. The van der Waals surface area contributed by atoms with Gasteiger partial charge in [0.15, 0.2) is 0 Å². The second kappa shape index (κ2) is 3.77. The molecular formula is C12H13NO2. The van der Waals surface area contributed by atoms with Crippen LogP contribution in [0.25, 0.3) is 10.9 Å². The summed E-state index contributed by atoms with van der Waals surface area (Å²) in [6.45, 7) is 2.07. The molecule has 2 rings (SSSR count). The first-order chi connectivity index (χ1) is 7.27. The molecule has 0 saturated heterocycles. The van der Waals surface area contributed by atoms with Crippen molar-refractivity contribution in [3.05, 3.63) is 35.5 Å². The second-order valence-electron chi connectivity index (χ2n) is 3.39. The maximum absolute atomic E-state index is 11.6. The number of aryl methyl sites for hydroxylation is 1. The lowest BCUT2D eigenvalue weighted by molar-refractivity contribution is 0.0603. The fraction of sp³-hybridized carbons (Fsp3) is 0.250. The Hall–Kier alpha value is -1.77. The van der Waals surface area contributed by atoms with E-state index >= 15 is 0 Å². The average Bonchev–Trinajstić information content (AvgIpc) is 2.70. The summed E-state index contributed by atoms with van der Waals surface area (Å²) in [5.74, 6) is -0.282. The predicted octanol–water partition coefficient (Wildman–Crippen LogP) is 2.52. The van der Waals surface area contributed by atoms with Crippen LogP contribution >= 0.6 is 0 Å². The highest BCUT2D eigenvalue weighted by Crippen LogP contribution is 2.23. The molecule has 0 atom stereocenters. The first-order valence-electron chi connectivity index (χ1n) is 4.95. The maximum Gasteiger partial charge on any atom is 0.338 e. The van der Waals surface area contributed by atoms with E-state index < -0.39 is 0 Å². The summed E-state index contributed by atoms with van der Waals surface area (Å²) in [4.78, 5) is 14.7. The van der Waals surface area contributed by atoms with Crippen LogP contribution in [-0.2, 0) is 11.2 Å². The minimum atomic E-state index is -0.282. The van der Waals surface area contributed by atoms with Gasteiger partial charge >= 0.3 is 5.97 Å². The molecule has 0 bridgehead atoms. The van der Waals surface area contributed by atoms with Crippen LogP contribution in [0.2, 0.25) is 0 Å². The number of methoxy groups -OCH3 is 1. The van der Waals surface area contributed by atoms with Crippen molar-refractivity contribution in [2.24, 2.45) is 0 Å². The highest BCUT2D eigenvalue weighted by Gasteiger charge is 2.13. The van der Waals surface area contributed by atoms with Gasteiger partial charge < -0.3 is 9.72 Å². The summed E-state index contributed by atoms with van der Waals surface area (Å²) in [6, 6.07) is 5.60. The number of hydrogen-bond donors (Lipinski definition) is 1. The number of rotatable bonds is 2. The predicted molar refractivity (Wildman–Crippen MR) is 59.0 cm³/mol. The number of esters is 1. The van der Waals surface area contributed by atoms with Crippen LogP contribution in [0.5, 0.6) is 0 Å². The lowest BCUT2D eigenvalue weighted by atomic mass is 10.1. The van der Waals surface area contributed by atoms with Gasteiger partial charge in [-0.1, -0.05) is 13.0 Å². The van der Waals surface area contributed by atoms with Crippen molar-refractivity contribution in [1.29, 1.82) is 0 Å². The minimum Gasteiger partial charge on any atom is -0.465 e. The van der Waals surface area contributed by atoms with Gasteiger partial charge in [0.2, 0.25) is 0 Å². The molecule has 2 aromatic rings. The number of nitrogens with one attached hydrogen (secondary N) is 1. The van der Waals surface area contributed by atoms with E-state index in [1.54, 1.807) is 6.07 Å². The topological polar surface area (TPSA) is 42.1 Å². The van der Waals surface area contributed by atoms with Crippen molar-refractivity contribution in [3.63, 3.8) is 0 Å². The quantitative estimate of drug-likeness (QED) is 0.762. The van der Waals surface area contributed by atoms with Crippen LogP contribution in [0.4, 0.5) is 0 Å². The standard InChI is InChI=1S/C12H13NO2/c1-3-8-7-13-10-6-4-5-9(11(8)10)12(14)15-2/h4-7,13H,3H2,1-2H3. The van der Waals surface area contributed by atoms with Crippen molar-refractivity contribution in [2.45, 2.75) is 13.3 Å². The first-order valence-corrected chi connectivity index (χ1v) is 4.95. The lowest BCUT2D eigenvalue weighted by Gasteiger charge is -2.02. The summed E-state index contributed by atoms with van der Waals surface area (Å²) in [7, 11) is 1.40. The SMILES string of the molecule is CCc1c[nH]c2cccc(C(=O)OC)c12. The molecule has 0 aliphatic heterocycles. The molecule has 0 amide bonds. The van der Waals surface area contributed by atoms with E-state index in [-0.39, 0.29) is 5.97 Å². The van der Waals surface area contributed by atoms with Gasteiger partial charge in [0.1, 0.15) is 0 Å². The van der Waals surface area contributed by atoms with Gasteiger partial charge in [-0.3, -0.25) is 0 Å². The maximum atomic E-state index is 11.6. The third-order valence-corrected chi connectivity index (χ3v) is 2.57. The molecule has 3 nitrogen and oxygen atoms in total. The number of H-pyrrole nitrogens is 1. The molecule has 0 unspecified atom stereocenters. The van der Waals surface area contributed by atoms with E-state index in [4.69, 9.17) is 4.74 Å². The zero-order valence-electron chi connectivity index (χ0n) is 8.83. The normalized spacial score (nSPS) is 10.5. The highest BCUT2D eigenvalue weighted by atomic mass is 16.5. The first kappa shape index (κ1) is 9.77. The Balaban J connectivity index is 2.72. The van der Waals surface area contributed by atoms with E-state index in [9.17, 15) is 4.79 Å². The summed E-state index contributed by atoms with van der Waals surface area (Å²) in [5, 5.41) is 0.979. The molecule has 1 heterocycles. The van der Waals surface area contributed by atoms with Crippen molar-refractivity contribution >= 4 is 16.9 Å². The third-order valence-electron chi connectivity index (χ3n) is 2.57. The Morgan fingerprint density at radius 3 is 2.93 bits per heavy atom. The molecule has 0 radical (unpaired) electrons. The Bertz CT molecular complexity index is 499. The zero-order chi connectivity index (χ0) is 10.8. The van der Waals surface area contributed by atoms with Crippen LogP contribution in [0, 0.1) is 0 Å². The summed E-state index contributed by atoms with van der Waals surface area (Å²) in [5.41, 5.74) is 2.76. The van der Waals surface area contributed by atoms with E-state index in [2.05, 4.69) is 11.9 Å². The van der Waals surface area contributed by atoms with E-state index in [0.717, 1.165) is 22.9 Å². The number of hydrogen-bond acceptors (Lipinski definition) is 2. The number of fused-ring (bicyclic) bond motifs is 1. The largest absolute Gasteiger partial charge is 0.465 e. The van der Waals surface area contributed by atoms with E-state index in [0.29, 0.717) is 5.56 Å². The van der Waals surface area contributed by atoms with Gasteiger partial charge in [0.05, 0.1) is 12.7 Å². The zero-order valence-corrected chi connectivity index (χ0v) is 8.83. The minimum absolute atomic E-state index is 0.282. The summed E-state index contributed by atoms with van der Waals surface area (Å²) < 4.78 is 4.76. The van der Waals surface area contributed by atoms with Crippen LogP contribution in [-0.4, -0.2) is 18.1 Å². The van der Waals surface area contributed by atoms with E-state index in [1.165, 1.54) is 7.11 Å². The van der Waals surface area contributed by atoms with Crippen LogP contribution in [0.3, 0.4) is 0 Å². The number of aromatic nitrogens is 1. The van der Waals surface area contributed by atoms with Gasteiger partial charge in [-0.2, -0.15) is 0 Å². The molecule has 0 aliphatic carbocycles. The van der Waals surface area contributed by atoms with E-state index in [1.807, 2.05) is 18.3 Å². The van der Waals surface area contributed by atoms with Crippen molar-refractivity contribution in [2.75, 3.05) is 7.11 Å². The molecule has 1 aromatic heterocycles. The molecule has 0 aliphatic rings. The molecule has 78 valence electrons. The molecule has 3 heteroatoms. The van der Waals surface area contributed by atoms with Crippen LogP contribution in [0.15, 0.2) is 24.4 Å². The average molecular weight is 203 g/mol. The summed E-state index contributed by atoms with van der Waals surface area (Å²) >= 11 is 0. The molecule has 15 heavy (non-hydrogen) atoms. The number of ether oxygens (including phenoxy) is 1. The fourth-order valence-corrected chi connectivity index (χ4v) is 1.81. The van der Waals surface area contributed by atoms with Gasteiger partial charge in [-0.25, -0.2) is 4.79 Å². The molecule has 0 spiro atoms. The molecule has 0 fully saturated rings. The number of benzene rings is 1. The van der Waals surface area contributed by atoms with Gasteiger partial charge in [-0.15, -0.1) is 0 Å². The Morgan fingerprint density at radius 2 is 2.27 bits per heavy atom. The Labute approximate surface area is 88.1 Å². The molecule has 1 aromatic carbocycles. The number of carbonyl (C=O) groups excluding carboxylic acids is 1. The Kier molecular flexibility index (Phi) is 2.46. The highest BCUT2D eigenvalue weighted by molar-refractivity contribution is 6.05. The second-order valence-corrected chi connectivity index (χ2v) is 3.39. The molecular weight excluding hydrogens is 190 g/mol. The smallest absolute Gasteiger partial charge is 0.338 e. The fourth-order valence-electron chi connectivity index (χ4n) is 1.81. The van der Waals surface area contributed by atoms with Crippen molar-refractivity contribution in [3.8, 4) is 0 Å². The van der Waals surface area contributed by atoms with Crippen molar-refractivity contribution < 1.29 is 9.53 Å². The van der Waals surface area contributed by atoms with Gasteiger partial charge in [-0.05, 0) is 24.1 Å². The lowest BCUT2D eigenvalue weighted by Crippen LogP contribution is -2.02. The monoisotopic (exact) mass is 203 g/mol.